The fourth-order valence-electron chi connectivity index (χ4n) is 1.53. The Morgan fingerprint density at radius 2 is 2.19 bits per heavy atom. The molecule has 2 aromatic rings. The maximum Gasteiger partial charge on any atom is 0.152 e. The molecule has 1 heterocycles. The van der Waals surface area contributed by atoms with Gasteiger partial charge in [0.05, 0.1) is 11.4 Å². The zero-order valence-corrected chi connectivity index (χ0v) is 11.3. The van der Waals surface area contributed by atoms with Gasteiger partial charge in [-0.25, -0.2) is 0 Å². The Labute approximate surface area is 108 Å². The highest BCUT2D eigenvalue weighted by Crippen LogP contribution is 2.25. The Hall–Kier alpha value is -1.24. The molecule has 0 aliphatic carbocycles. The number of rotatable bonds is 2. The second-order valence-electron chi connectivity index (χ2n) is 3.61. The van der Waals surface area contributed by atoms with Crippen LogP contribution < -0.4 is 11.1 Å². The van der Waals surface area contributed by atoms with Gasteiger partial charge < -0.3 is 11.1 Å². The Bertz CT molecular complexity index is 519. The maximum atomic E-state index is 5.94. The number of aryl methyl sites for hydroxylation is 2. The summed E-state index contributed by atoms with van der Waals surface area (Å²) in [4.78, 5) is 0. The van der Waals surface area contributed by atoms with E-state index in [1.54, 1.807) is 4.68 Å². The third-order valence-electron chi connectivity index (χ3n) is 2.36. The van der Waals surface area contributed by atoms with Crippen LogP contribution in [0.5, 0.6) is 0 Å². The van der Waals surface area contributed by atoms with Crippen molar-refractivity contribution in [1.29, 1.82) is 0 Å². The first-order chi connectivity index (χ1) is 7.58. The predicted molar refractivity (Wildman–Crippen MR) is 74.8 cm³/mol. The van der Waals surface area contributed by atoms with Crippen LogP contribution in [0.4, 0.5) is 17.2 Å². The van der Waals surface area contributed by atoms with Gasteiger partial charge in [-0.05, 0) is 47.7 Å². The Morgan fingerprint density at radius 3 is 2.75 bits per heavy atom. The Kier molecular flexibility index (Phi) is 3.04. The van der Waals surface area contributed by atoms with E-state index in [1.807, 2.05) is 32.2 Å². The van der Waals surface area contributed by atoms with Crippen LogP contribution in [0.1, 0.15) is 5.69 Å². The molecule has 1 aromatic heterocycles. The molecule has 0 amide bonds. The predicted octanol–water partition coefficient (Wildman–Crippen LogP) is 2.66. The van der Waals surface area contributed by atoms with Crippen LogP contribution >= 0.6 is 22.6 Å². The summed E-state index contributed by atoms with van der Waals surface area (Å²) in [5.41, 5.74) is 8.50. The quantitative estimate of drug-likeness (QED) is 0.834. The van der Waals surface area contributed by atoms with Crippen molar-refractivity contribution in [3.05, 3.63) is 33.5 Å². The number of hydrogen-bond acceptors (Lipinski definition) is 3. The van der Waals surface area contributed by atoms with Crippen LogP contribution in [-0.2, 0) is 7.05 Å². The highest BCUT2D eigenvalue weighted by molar-refractivity contribution is 14.1. The highest BCUT2D eigenvalue weighted by Gasteiger charge is 2.09. The lowest BCUT2D eigenvalue weighted by Gasteiger charge is -2.07. The molecular formula is C11H13IN4. The zero-order chi connectivity index (χ0) is 11.7. The lowest BCUT2D eigenvalue weighted by atomic mass is 10.3. The molecule has 0 unspecified atom stereocenters. The number of aromatic nitrogens is 2. The summed E-state index contributed by atoms with van der Waals surface area (Å²) in [7, 11) is 1.87. The molecule has 0 aliphatic heterocycles. The van der Waals surface area contributed by atoms with Gasteiger partial charge in [0.25, 0.3) is 0 Å². The van der Waals surface area contributed by atoms with Crippen molar-refractivity contribution in [2.24, 2.45) is 7.05 Å². The van der Waals surface area contributed by atoms with Crippen LogP contribution in [0.25, 0.3) is 0 Å². The van der Waals surface area contributed by atoms with E-state index in [4.69, 9.17) is 5.73 Å². The van der Waals surface area contributed by atoms with Gasteiger partial charge in [-0.3, -0.25) is 4.68 Å². The molecule has 2 rings (SSSR count). The van der Waals surface area contributed by atoms with E-state index in [0.29, 0.717) is 5.69 Å². The molecule has 5 heteroatoms. The average Bonchev–Trinajstić information content (AvgIpc) is 2.45. The molecule has 0 spiro atoms. The molecule has 0 fully saturated rings. The van der Waals surface area contributed by atoms with Crippen LogP contribution in [0.3, 0.4) is 0 Å². The first kappa shape index (κ1) is 11.3. The standard InChI is InChI=1S/C11H13IN4/c1-7-10(13)11(16(2)15-7)14-9-5-3-4-8(12)6-9/h3-6,14H,13H2,1-2H3. The largest absolute Gasteiger partial charge is 0.394 e. The summed E-state index contributed by atoms with van der Waals surface area (Å²) in [6, 6.07) is 8.11. The lowest BCUT2D eigenvalue weighted by molar-refractivity contribution is 0.765. The molecule has 16 heavy (non-hydrogen) atoms. The summed E-state index contributed by atoms with van der Waals surface area (Å²) in [6.07, 6.45) is 0. The molecule has 0 atom stereocenters. The maximum absolute atomic E-state index is 5.94. The minimum Gasteiger partial charge on any atom is -0.394 e. The van der Waals surface area contributed by atoms with Gasteiger partial charge in [0.1, 0.15) is 0 Å². The van der Waals surface area contributed by atoms with Crippen LogP contribution in [0.2, 0.25) is 0 Å². The summed E-state index contributed by atoms with van der Waals surface area (Å²) >= 11 is 2.28. The van der Waals surface area contributed by atoms with Crippen molar-refractivity contribution in [3.8, 4) is 0 Å². The third kappa shape index (κ3) is 2.13. The molecule has 1 aromatic carbocycles. The number of nitrogens with one attached hydrogen (secondary N) is 1. The van der Waals surface area contributed by atoms with E-state index in [9.17, 15) is 0 Å². The smallest absolute Gasteiger partial charge is 0.152 e. The Morgan fingerprint density at radius 1 is 1.44 bits per heavy atom. The molecular weight excluding hydrogens is 315 g/mol. The van der Waals surface area contributed by atoms with Gasteiger partial charge in [0.2, 0.25) is 0 Å². The monoisotopic (exact) mass is 328 g/mol. The summed E-state index contributed by atoms with van der Waals surface area (Å²) in [6.45, 7) is 1.90. The van der Waals surface area contributed by atoms with E-state index < -0.39 is 0 Å². The highest BCUT2D eigenvalue weighted by atomic mass is 127. The zero-order valence-electron chi connectivity index (χ0n) is 9.16. The van der Waals surface area contributed by atoms with Crippen molar-refractivity contribution in [2.45, 2.75) is 6.92 Å². The van der Waals surface area contributed by atoms with E-state index in [-0.39, 0.29) is 0 Å². The first-order valence-corrected chi connectivity index (χ1v) is 5.97. The molecule has 0 saturated carbocycles. The van der Waals surface area contributed by atoms with E-state index in [2.05, 4.69) is 39.1 Å². The second kappa shape index (κ2) is 4.32. The van der Waals surface area contributed by atoms with Gasteiger partial charge in [0, 0.05) is 16.3 Å². The molecule has 84 valence electrons. The fraction of sp³-hybridized carbons (Fsp3) is 0.182. The van der Waals surface area contributed by atoms with Crippen molar-refractivity contribution >= 4 is 39.8 Å². The second-order valence-corrected chi connectivity index (χ2v) is 4.85. The number of nitrogen functional groups attached to an aromatic ring is 1. The van der Waals surface area contributed by atoms with Gasteiger partial charge in [-0.1, -0.05) is 6.07 Å². The summed E-state index contributed by atoms with van der Waals surface area (Å²) < 4.78 is 2.94. The van der Waals surface area contributed by atoms with Gasteiger partial charge in [-0.15, -0.1) is 0 Å². The minimum atomic E-state index is 0.696. The van der Waals surface area contributed by atoms with E-state index >= 15 is 0 Å². The van der Waals surface area contributed by atoms with E-state index in [1.165, 1.54) is 3.57 Å². The molecule has 3 N–H and O–H groups in total. The fourth-order valence-corrected chi connectivity index (χ4v) is 2.07. The molecule has 0 radical (unpaired) electrons. The number of benzene rings is 1. The van der Waals surface area contributed by atoms with E-state index in [0.717, 1.165) is 17.2 Å². The number of nitrogens with two attached hydrogens (primary N) is 1. The number of hydrogen-bond donors (Lipinski definition) is 2. The van der Waals surface area contributed by atoms with Crippen molar-refractivity contribution in [2.75, 3.05) is 11.1 Å². The van der Waals surface area contributed by atoms with Gasteiger partial charge >= 0.3 is 0 Å². The SMILES string of the molecule is Cc1nn(C)c(Nc2cccc(I)c2)c1N. The molecule has 0 saturated heterocycles. The van der Waals surface area contributed by atoms with Gasteiger partial charge in [-0.2, -0.15) is 5.10 Å². The average molecular weight is 328 g/mol. The van der Waals surface area contributed by atoms with Crippen LogP contribution in [-0.4, -0.2) is 9.78 Å². The Balaban J connectivity index is 2.34. The third-order valence-corrected chi connectivity index (χ3v) is 3.03. The number of halogens is 1. The lowest BCUT2D eigenvalue weighted by Crippen LogP contribution is -2.01. The topological polar surface area (TPSA) is 55.9 Å². The van der Waals surface area contributed by atoms with Crippen molar-refractivity contribution in [1.82, 2.24) is 9.78 Å². The number of nitrogens with zero attached hydrogens (tertiary/aromatic N) is 2. The minimum absolute atomic E-state index is 0.696. The van der Waals surface area contributed by atoms with Crippen LogP contribution in [0.15, 0.2) is 24.3 Å². The summed E-state index contributed by atoms with van der Waals surface area (Å²) in [5.74, 6) is 0.833. The first-order valence-electron chi connectivity index (χ1n) is 4.89. The van der Waals surface area contributed by atoms with Crippen LogP contribution in [0, 0.1) is 10.5 Å². The van der Waals surface area contributed by atoms with Crippen molar-refractivity contribution in [3.63, 3.8) is 0 Å². The van der Waals surface area contributed by atoms with Crippen molar-refractivity contribution < 1.29 is 0 Å². The molecule has 4 nitrogen and oxygen atoms in total. The molecule has 0 aliphatic rings. The number of anilines is 3. The van der Waals surface area contributed by atoms with Gasteiger partial charge in [0.15, 0.2) is 5.82 Å². The molecule has 0 bridgehead atoms. The normalized spacial score (nSPS) is 10.4. The summed E-state index contributed by atoms with van der Waals surface area (Å²) in [5, 5.41) is 7.53.